The Labute approximate surface area is 172 Å². The van der Waals surface area contributed by atoms with Crippen molar-refractivity contribution in [3.05, 3.63) is 45.6 Å². The molecule has 158 valence electrons. The zero-order chi connectivity index (χ0) is 21.6. The predicted octanol–water partition coefficient (Wildman–Crippen LogP) is 4.54. The Morgan fingerprint density at radius 2 is 1.90 bits per heavy atom. The number of hydrogen-bond acceptors (Lipinski definition) is 7. The SMILES string of the molecule is Cc1noc(C)c1-c1cc(S(O)(O)N=C2CCCC2)c2cc(C(=O)O)c(=O)[nH]c2c1. The molecular weight excluding hydrogens is 410 g/mol. The number of aromatic amines is 1. The van der Waals surface area contributed by atoms with E-state index in [9.17, 15) is 23.8 Å². The van der Waals surface area contributed by atoms with E-state index in [0.29, 0.717) is 41.1 Å². The Hall–Kier alpha value is -2.95. The number of nitrogens with one attached hydrogen (secondary N) is 1. The number of H-pyrrole nitrogens is 1. The van der Waals surface area contributed by atoms with Gasteiger partial charge < -0.3 is 14.6 Å². The van der Waals surface area contributed by atoms with Crippen LogP contribution in [0.2, 0.25) is 0 Å². The van der Waals surface area contributed by atoms with Crippen molar-refractivity contribution in [2.24, 2.45) is 4.40 Å². The second kappa shape index (κ2) is 7.38. The molecule has 3 aromatic rings. The molecule has 2 heterocycles. The number of fused-ring (bicyclic) bond motifs is 1. The number of aromatic nitrogens is 2. The summed E-state index contributed by atoms with van der Waals surface area (Å²) in [5.74, 6) is -0.877. The third-order valence-corrected chi connectivity index (χ3v) is 6.65. The van der Waals surface area contributed by atoms with Crippen LogP contribution in [0.5, 0.6) is 0 Å². The molecule has 10 heteroatoms. The lowest BCUT2D eigenvalue weighted by molar-refractivity contribution is 0.0695. The van der Waals surface area contributed by atoms with Gasteiger partial charge in [0, 0.05) is 16.7 Å². The first kappa shape index (κ1) is 20.3. The van der Waals surface area contributed by atoms with Crippen LogP contribution in [0.3, 0.4) is 0 Å². The highest BCUT2D eigenvalue weighted by Gasteiger charge is 2.25. The third-order valence-electron chi connectivity index (χ3n) is 5.21. The van der Waals surface area contributed by atoms with E-state index in [2.05, 4.69) is 14.5 Å². The van der Waals surface area contributed by atoms with Crippen molar-refractivity contribution in [1.82, 2.24) is 10.1 Å². The van der Waals surface area contributed by atoms with Crippen LogP contribution in [-0.2, 0) is 0 Å². The normalized spacial score (nSPS) is 15.0. The molecule has 1 saturated carbocycles. The quantitative estimate of drug-likeness (QED) is 0.474. The molecule has 2 aromatic heterocycles. The van der Waals surface area contributed by atoms with Crippen LogP contribution in [0.15, 0.2) is 36.8 Å². The number of benzene rings is 1. The largest absolute Gasteiger partial charge is 0.477 e. The topological polar surface area (TPSA) is 149 Å². The minimum absolute atomic E-state index is 0.0492. The fraction of sp³-hybridized carbons (Fsp3) is 0.300. The Balaban J connectivity index is 2.04. The molecule has 0 bridgehead atoms. The standard InChI is InChI=1S/C20H21N3O6S/c1-10-18(11(2)29-22-10)12-7-16-14(9-15(20(25)26)19(24)21-16)17(8-12)30(27,28)23-13-5-3-4-6-13/h7-9,27-28H,3-6H2,1-2H3,(H,21,24)(H,25,26). The van der Waals surface area contributed by atoms with E-state index in [1.54, 1.807) is 26.0 Å². The number of aromatic carboxylic acids is 1. The second-order valence-corrected chi connectivity index (χ2v) is 9.00. The van der Waals surface area contributed by atoms with Gasteiger partial charge in [-0.3, -0.25) is 13.9 Å². The zero-order valence-corrected chi connectivity index (χ0v) is 17.2. The molecule has 0 saturated heterocycles. The number of nitrogens with zero attached hydrogens (tertiary/aromatic N) is 2. The fourth-order valence-electron chi connectivity index (χ4n) is 3.81. The van der Waals surface area contributed by atoms with Crippen LogP contribution in [0.1, 0.15) is 47.5 Å². The van der Waals surface area contributed by atoms with E-state index >= 15 is 0 Å². The maximum absolute atomic E-state index is 12.2. The summed E-state index contributed by atoms with van der Waals surface area (Å²) >= 11 is 0. The smallest absolute Gasteiger partial charge is 0.341 e. The van der Waals surface area contributed by atoms with Crippen LogP contribution in [-0.4, -0.2) is 36.0 Å². The molecule has 1 aliphatic rings. The van der Waals surface area contributed by atoms with E-state index in [1.807, 2.05) is 0 Å². The molecule has 0 aliphatic heterocycles. The Morgan fingerprint density at radius 1 is 1.20 bits per heavy atom. The summed E-state index contributed by atoms with van der Waals surface area (Å²) in [7, 11) is -3.64. The number of carboxylic acids is 1. The second-order valence-electron chi connectivity index (χ2n) is 7.34. The van der Waals surface area contributed by atoms with Crippen molar-refractivity contribution in [1.29, 1.82) is 0 Å². The molecule has 0 spiro atoms. The Morgan fingerprint density at radius 3 is 2.50 bits per heavy atom. The van der Waals surface area contributed by atoms with Gasteiger partial charge in [-0.15, -0.1) is 0 Å². The van der Waals surface area contributed by atoms with Crippen molar-refractivity contribution in [3.8, 4) is 11.1 Å². The summed E-state index contributed by atoms with van der Waals surface area (Å²) in [6.07, 6.45) is 3.25. The average Bonchev–Trinajstić information content (AvgIpc) is 3.29. The zero-order valence-electron chi connectivity index (χ0n) is 16.4. The van der Waals surface area contributed by atoms with Gasteiger partial charge in [-0.25, -0.2) is 4.79 Å². The highest BCUT2D eigenvalue weighted by atomic mass is 32.3. The van der Waals surface area contributed by atoms with Crippen LogP contribution < -0.4 is 5.56 Å². The van der Waals surface area contributed by atoms with Crippen molar-refractivity contribution < 1.29 is 23.5 Å². The van der Waals surface area contributed by atoms with Crippen LogP contribution in [0.25, 0.3) is 22.0 Å². The highest BCUT2D eigenvalue weighted by Crippen LogP contribution is 2.54. The fourth-order valence-corrected chi connectivity index (χ4v) is 5.20. The number of rotatable bonds is 4. The maximum Gasteiger partial charge on any atom is 0.341 e. The molecule has 1 fully saturated rings. The summed E-state index contributed by atoms with van der Waals surface area (Å²) in [5, 5.41) is 13.5. The van der Waals surface area contributed by atoms with Crippen molar-refractivity contribution in [3.63, 3.8) is 0 Å². The summed E-state index contributed by atoms with van der Waals surface area (Å²) in [5.41, 5.74) is 1.52. The van der Waals surface area contributed by atoms with Gasteiger partial charge in [0.05, 0.1) is 16.1 Å². The minimum atomic E-state index is -3.64. The number of hydrogen-bond donors (Lipinski definition) is 4. The van der Waals surface area contributed by atoms with Gasteiger partial charge in [0.2, 0.25) is 0 Å². The monoisotopic (exact) mass is 431 g/mol. The van der Waals surface area contributed by atoms with E-state index < -0.39 is 27.9 Å². The van der Waals surface area contributed by atoms with E-state index in [-0.39, 0.29) is 15.8 Å². The van der Waals surface area contributed by atoms with Gasteiger partial charge in [0.15, 0.2) is 0 Å². The van der Waals surface area contributed by atoms with Crippen LogP contribution in [0.4, 0.5) is 0 Å². The molecule has 4 rings (SSSR count). The first-order valence-corrected chi connectivity index (χ1v) is 10.9. The van der Waals surface area contributed by atoms with Gasteiger partial charge in [-0.2, -0.15) is 4.40 Å². The van der Waals surface area contributed by atoms with Crippen LogP contribution in [0, 0.1) is 13.8 Å². The summed E-state index contributed by atoms with van der Waals surface area (Å²) in [4.78, 5) is 26.3. The molecule has 1 aliphatic carbocycles. The summed E-state index contributed by atoms with van der Waals surface area (Å²) in [6, 6.07) is 4.34. The lowest BCUT2D eigenvalue weighted by atomic mass is 10.0. The van der Waals surface area contributed by atoms with Crippen molar-refractivity contribution >= 4 is 33.4 Å². The molecule has 30 heavy (non-hydrogen) atoms. The lowest BCUT2D eigenvalue weighted by Gasteiger charge is -2.29. The van der Waals surface area contributed by atoms with E-state index in [1.165, 1.54) is 0 Å². The molecule has 0 amide bonds. The number of carboxylic acid groups (broad SMARTS) is 1. The molecule has 1 aromatic carbocycles. The molecular formula is C20H21N3O6S. The van der Waals surface area contributed by atoms with Crippen molar-refractivity contribution in [2.75, 3.05) is 0 Å². The van der Waals surface area contributed by atoms with Gasteiger partial charge in [-0.1, -0.05) is 15.9 Å². The number of pyridine rings is 1. The predicted molar refractivity (Wildman–Crippen MR) is 114 cm³/mol. The minimum Gasteiger partial charge on any atom is -0.477 e. The third kappa shape index (κ3) is 3.53. The van der Waals surface area contributed by atoms with E-state index in [0.717, 1.165) is 18.9 Å². The Bertz CT molecular complexity index is 1230. The average molecular weight is 431 g/mol. The molecule has 0 unspecified atom stereocenters. The van der Waals surface area contributed by atoms with Crippen molar-refractivity contribution in [2.45, 2.75) is 44.4 Å². The summed E-state index contributed by atoms with van der Waals surface area (Å²) in [6.45, 7) is 3.48. The van der Waals surface area contributed by atoms with Gasteiger partial charge in [0.1, 0.15) is 11.3 Å². The van der Waals surface area contributed by atoms with Gasteiger partial charge >= 0.3 is 5.97 Å². The van der Waals surface area contributed by atoms with Gasteiger partial charge in [-0.05, 0) is 63.3 Å². The molecule has 4 N–H and O–H groups in total. The first-order valence-electron chi connectivity index (χ1n) is 9.41. The van der Waals surface area contributed by atoms with Gasteiger partial charge in [0.25, 0.3) is 5.56 Å². The Kier molecular flexibility index (Phi) is 5.00. The highest BCUT2D eigenvalue weighted by molar-refractivity contribution is 8.23. The maximum atomic E-state index is 12.2. The van der Waals surface area contributed by atoms with Crippen LogP contribution >= 0.6 is 10.8 Å². The van der Waals surface area contributed by atoms with E-state index in [4.69, 9.17) is 4.52 Å². The molecule has 0 radical (unpaired) electrons. The lowest BCUT2D eigenvalue weighted by Crippen LogP contribution is -2.17. The molecule has 9 nitrogen and oxygen atoms in total. The molecule has 0 atom stereocenters. The summed E-state index contributed by atoms with van der Waals surface area (Å²) < 4.78 is 31.4. The number of carbonyl (C=O) groups is 1. The first-order chi connectivity index (χ1) is 14.2. The number of aryl methyl sites for hydroxylation is 2.